The fourth-order valence-corrected chi connectivity index (χ4v) is 2.06. The molecule has 1 fully saturated rings. The molecule has 0 amide bonds. The molecule has 1 aliphatic rings. The largest absolute Gasteiger partial charge is 0.478 e. The molecule has 0 spiro atoms. The molecule has 0 unspecified atom stereocenters. The second-order valence-corrected chi connectivity index (χ2v) is 5.06. The van der Waals surface area contributed by atoms with Crippen molar-refractivity contribution in [3.05, 3.63) is 36.0 Å². The maximum absolute atomic E-state index is 11.2. The van der Waals surface area contributed by atoms with Crippen molar-refractivity contribution in [1.29, 1.82) is 0 Å². The fourth-order valence-electron chi connectivity index (χ4n) is 2.06. The zero-order valence-electron chi connectivity index (χ0n) is 10.1. The molecule has 1 aliphatic carbocycles. The lowest BCUT2D eigenvalue weighted by molar-refractivity contribution is 0.0698. The number of carboxylic acid groups (broad SMARTS) is 1. The van der Waals surface area contributed by atoms with Crippen LogP contribution in [0, 0.1) is 0 Å². The van der Waals surface area contributed by atoms with Crippen molar-refractivity contribution in [2.75, 3.05) is 5.32 Å². The summed E-state index contributed by atoms with van der Waals surface area (Å²) in [4.78, 5) is 15.4. The van der Waals surface area contributed by atoms with Crippen LogP contribution in [0.2, 0.25) is 0 Å². The lowest BCUT2D eigenvalue weighted by Crippen LogP contribution is -2.17. The Hall–Kier alpha value is -2.10. The van der Waals surface area contributed by atoms with E-state index in [0.29, 0.717) is 0 Å². The Morgan fingerprint density at radius 3 is 2.61 bits per heavy atom. The number of carboxylic acids is 1. The first-order valence-corrected chi connectivity index (χ1v) is 5.98. The molecule has 0 atom stereocenters. The molecule has 0 bridgehead atoms. The smallest absolute Gasteiger partial charge is 0.337 e. The van der Waals surface area contributed by atoms with Gasteiger partial charge >= 0.3 is 5.97 Å². The fraction of sp³-hybridized carbons (Fsp3) is 0.286. The predicted molar refractivity (Wildman–Crippen MR) is 70.0 cm³/mol. The third-order valence-corrected chi connectivity index (χ3v) is 3.45. The van der Waals surface area contributed by atoms with Gasteiger partial charge < -0.3 is 10.4 Å². The Bertz CT molecular complexity index is 633. The second-order valence-electron chi connectivity index (χ2n) is 5.06. The van der Waals surface area contributed by atoms with Crippen molar-refractivity contribution in [1.82, 2.24) is 4.98 Å². The SMILES string of the molecule is CC1(Nc2ncc(C(=O)O)c3ccccc23)CC1. The van der Waals surface area contributed by atoms with Gasteiger partial charge in [-0.15, -0.1) is 0 Å². The molecule has 1 aromatic carbocycles. The number of benzene rings is 1. The quantitative estimate of drug-likeness (QED) is 0.868. The van der Waals surface area contributed by atoms with E-state index in [4.69, 9.17) is 5.11 Å². The molecule has 0 saturated heterocycles. The van der Waals surface area contributed by atoms with E-state index >= 15 is 0 Å². The number of rotatable bonds is 3. The molecule has 2 aromatic rings. The van der Waals surface area contributed by atoms with Crippen LogP contribution in [0.3, 0.4) is 0 Å². The molecule has 92 valence electrons. The van der Waals surface area contributed by atoms with Crippen LogP contribution in [0.25, 0.3) is 10.8 Å². The molecule has 18 heavy (non-hydrogen) atoms. The Balaban J connectivity index is 2.16. The van der Waals surface area contributed by atoms with E-state index in [1.807, 2.05) is 24.3 Å². The van der Waals surface area contributed by atoms with E-state index in [0.717, 1.165) is 29.4 Å². The van der Waals surface area contributed by atoms with Gasteiger partial charge in [-0.25, -0.2) is 9.78 Å². The van der Waals surface area contributed by atoms with Crippen LogP contribution >= 0.6 is 0 Å². The summed E-state index contributed by atoms with van der Waals surface area (Å²) in [7, 11) is 0. The molecule has 1 aromatic heterocycles. The van der Waals surface area contributed by atoms with Crippen LogP contribution in [0.15, 0.2) is 30.5 Å². The molecule has 1 saturated carbocycles. The minimum Gasteiger partial charge on any atom is -0.478 e. The van der Waals surface area contributed by atoms with Crippen molar-refractivity contribution < 1.29 is 9.90 Å². The molecular weight excluding hydrogens is 228 g/mol. The predicted octanol–water partition coefficient (Wildman–Crippen LogP) is 2.90. The average molecular weight is 242 g/mol. The van der Waals surface area contributed by atoms with E-state index in [1.165, 1.54) is 6.20 Å². The van der Waals surface area contributed by atoms with Crippen molar-refractivity contribution in [3.63, 3.8) is 0 Å². The van der Waals surface area contributed by atoms with Gasteiger partial charge in [0.1, 0.15) is 5.82 Å². The van der Waals surface area contributed by atoms with Crippen LogP contribution in [-0.2, 0) is 0 Å². The standard InChI is InChI=1S/C14H14N2O2/c1-14(6-7-14)16-12-10-5-3-2-4-9(10)11(8-15-12)13(17)18/h2-5,8H,6-7H2,1H3,(H,15,16)(H,17,18). The number of fused-ring (bicyclic) bond motifs is 1. The molecule has 3 rings (SSSR count). The van der Waals surface area contributed by atoms with Gasteiger partial charge in [-0.1, -0.05) is 24.3 Å². The van der Waals surface area contributed by atoms with E-state index < -0.39 is 5.97 Å². The lowest BCUT2D eigenvalue weighted by Gasteiger charge is -2.15. The summed E-state index contributed by atoms with van der Waals surface area (Å²) in [6, 6.07) is 7.47. The van der Waals surface area contributed by atoms with Gasteiger partial charge in [0.2, 0.25) is 0 Å². The van der Waals surface area contributed by atoms with E-state index in [9.17, 15) is 4.79 Å². The van der Waals surface area contributed by atoms with Crippen molar-refractivity contribution in [2.24, 2.45) is 0 Å². The summed E-state index contributed by atoms with van der Waals surface area (Å²) in [6.07, 6.45) is 3.69. The van der Waals surface area contributed by atoms with Crippen LogP contribution in [0.4, 0.5) is 5.82 Å². The summed E-state index contributed by atoms with van der Waals surface area (Å²) in [5.74, 6) is -0.168. The molecule has 1 heterocycles. The molecular formula is C14H14N2O2. The molecule has 4 heteroatoms. The zero-order valence-corrected chi connectivity index (χ0v) is 10.1. The number of aromatic nitrogens is 1. The zero-order chi connectivity index (χ0) is 12.8. The van der Waals surface area contributed by atoms with Crippen LogP contribution in [-0.4, -0.2) is 21.6 Å². The summed E-state index contributed by atoms with van der Waals surface area (Å²) in [6.45, 7) is 2.15. The number of carbonyl (C=O) groups is 1. The number of aromatic carboxylic acids is 1. The number of hydrogen-bond acceptors (Lipinski definition) is 3. The first-order valence-electron chi connectivity index (χ1n) is 5.98. The summed E-state index contributed by atoms with van der Waals surface area (Å²) in [5, 5.41) is 14.2. The summed E-state index contributed by atoms with van der Waals surface area (Å²) < 4.78 is 0. The van der Waals surface area contributed by atoms with Gasteiger partial charge in [0, 0.05) is 22.5 Å². The molecule has 4 nitrogen and oxygen atoms in total. The van der Waals surface area contributed by atoms with Crippen LogP contribution in [0.5, 0.6) is 0 Å². The van der Waals surface area contributed by atoms with Gasteiger partial charge in [-0.05, 0) is 19.8 Å². The highest BCUT2D eigenvalue weighted by Crippen LogP contribution is 2.39. The minimum atomic E-state index is -0.942. The third-order valence-electron chi connectivity index (χ3n) is 3.45. The van der Waals surface area contributed by atoms with Crippen molar-refractivity contribution in [2.45, 2.75) is 25.3 Å². The highest BCUT2D eigenvalue weighted by molar-refractivity contribution is 6.06. The first kappa shape index (κ1) is 11.0. The molecule has 0 radical (unpaired) electrons. The Morgan fingerprint density at radius 2 is 2.00 bits per heavy atom. The summed E-state index contributed by atoms with van der Waals surface area (Å²) >= 11 is 0. The topological polar surface area (TPSA) is 62.2 Å². The number of nitrogens with one attached hydrogen (secondary N) is 1. The molecule has 2 N–H and O–H groups in total. The highest BCUT2D eigenvalue weighted by atomic mass is 16.4. The number of hydrogen-bond donors (Lipinski definition) is 2. The number of nitrogens with zero attached hydrogens (tertiary/aromatic N) is 1. The van der Waals surface area contributed by atoms with Crippen LogP contribution < -0.4 is 5.32 Å². The van der Waals surface area contributed by atoms with Gasteiger partial charge in [0.25, 0.3) is 0 Å². The second kappa shape index (κ2) is 3.70. The average Bonchev–Trinajstić information content (AvgIpc) is 3.07. The monoisotopic (exact) mass is 242 g/mol. The van der Waals surface area contributed by atoms with Gasteiger partial charge in [0.15, 0.2) is 0 Å². The van der Waals surface area contributed by atoms with Crippen LogP contribution in [0.1, 0.15) is 30.1 Å². The molecule has 0 aliphatic heterocycles. The maximum Gasteiger partial charge on any atom is 0.337 e. The van der Waals surface area contributed by atoms with Gasteiger partial charge in [-0.3, -0.25) is 0 Å². The normalized spacial score (nSPS) is 16.5. The Labute approximate surface area is 105 Å². The third kappa shape index (κ3) is 1.79. The van der Waals surface area contributed by atoms with Crippen molar-refractivity contribution >= 4 is 22.6 Å². The maximum atomic E-state index is 11.2. The summed E-state index contributed by atoms with van der Waals surface area (Å²) in [5.41, 5.74) is 0.373. The van der Waals surface area contributed by atoms with E-state index in [-0.39, 0.29) is 11.1 Å². The lowest BCUT2D eigenvalue weighted by atomic mass is 10.1. The Kier molecular flexibility index (Phi) is 2.26. The number of anilines is 1. The highest BCUT2D eigenvalue weighted by Gasteiger charge is 2.37. The first-order chi connectivity index (χ1) is 8.59. The van der Waals surface area contributed by atoms with Crippen molar-refractivity contribution in [3.8, 4) is 0 Å². The van der Waals surface area contributed by atoms with E-state index in [1.54, 1.807) is 0 Å². The van der Waals surface area contributed by atoms with Gasteiger partial charge in [-0.2, -0.15) is 0 Å². The Morgan fingerprint density at radius 1 is 1.33 bits per heavy atom. The van der Waals surface area contributed by atoms with Gasteiger partial charge in [0.05, 0.1) is 5.56 Å². The minimum absolute atomic E-state index is 0.126. The number of pyridine rings is 1. The van der Waals surface area contributed by atoms with E-state index in [2.05, 4.69) is 17.2 Å².